The summed E-state index contributed by atoms with van der Waals surface area (Å²) in [7, 11) is 0. The maximum atomic E-state index is 12.2. The summed E-state index contributed by atoms with van der Waals surface area (Å²) < 4.78 is 35.1. The molecule has 0 fully saturated rings. The molecular formula is C7H14F3NO2. The summed E-state index contributed by atoms with van der Waals surface area (Å²) in [6.07, 6.45) is -5.22. The molecule has 0 aliphatic heterocycles. The number of rotatable bonds is 2. The average molecular weight is 201 g/mol. The van der Waals surface area contributed by atoms with Gasteiger partial charge in [-0.1, -0.05) is 0 Å². The third-order valence-corrected chi connectivity index (χ3v) is 0.932. The topological polar surface area (TPSA) is 63.3 Å². The first-order chi connectivity index (χ1) is 5.59. The van der Waals surface area contributed by atoms with Crippen LogP contribution in [0.15, 0.2) is 0 Å². The molecule has 0 heterocycles. The molecule has 0 aliphatic carbocycles. The highest BCUT2D eigenvalue weighted by Crippen LogP contribution is 2.16. The lowest BCUT2D eigenvalue weighted by atomic mass is 10.0. The molecule has 1 atom stereocenters. The van der Waals surface area contributed by atoms with Crippen LogP contribution < -0.4 is 5.73 Å². The smallest absolute Gasteiger partial charge is 0.300 e. The van der Waals surface area contributed by atoms with E-state index >= 15 is 0 Å². The van der Waals surface area contributed by atoms with Gasteiger partial charge in [-0.05, 0) is 13.8 Å². The van der Waals surface area contributed by atoms with E-state index in [-0.39, 0.29) is 0 Å². The first kappa shape index (κ1) is 14.7. The zero-order valence-corrected chi connectivity index (χ0v) is 7.72. The third kappa shape index (κ3) is 11.2. The van der Waals surface area contributed by atoms with E-state index in [1.807, 2.05) is 0 Å². The van der Waals surface area contributed by atoms with Gasteiger partial charge in [-0.15, -0.1) is 0 Å². The highest BCUT2D eigenvalue weighted by molar-refractivity contribution is 5.62. The van der Waals surface area contributed by atoms with Crippen molar-refractivity contribution in [1.82, 2.24) is 0 Å². The van der Waals surface area contributed by atoms with Gasteiger partial charge in [0.15, 0.2) is 6.17 Å². The largest absolute Gasteiger partial charge is 0.481 e. The van der Waals surface area contributed by atoms with Crippen LogP contribution in [0.4, 0.5) is 13.2 Å². The zero-order valence-electron chi connectivity index (χ0n) is 7.72. The van der Waals surface area contributed by atoms with Crippen LogP contribution in [0.3, 0.4) is 0 Å². The fourth-order valence-electron chi connectivity index (χ4n) is 0.325. The standard InChI is InChI=1S/C5H10F3N.C2H4O2/c1-5(2,9)3(6)4(7)8;1-2(3)4/h3-4H,9H2,1-2H3;1H3,(H,3,4). The molecule has 0 saturated heterocycles. The number of alkyl halides is 3. The Morgan fingerprint density at radius 3 is 1.62 bits per heavy atom. The van der Waals surface area contributed by atoms with Gasteiger partial charge in [0.25, 0.3) is 12.4 Å². The molecule has 3 nitrogen and oxygen atoms in total. The van der Waals surface area contributed by atoms with E-state index in [1.54, 1.807) is 0 Å². The predicted octanol–water partition coefficient (Wildman–Crippen LogP) is 1.42. The van der Waals surface area contributed by atoms with Crippen molar-refractivity contribution in [3.8, 4) is 0 Å². The Morgan fingerprint density at radius 1 is 1.38 bits per heavy atom. The van der Waals surface area contributed by atoms with Gasteiger partial charge in [0.05, 0.1) is 0 Å². The Hall–Kier alpha value is -0.780. The van der Waals surface area contributed by atoms with Crippen molar-refractivity contribution in [2.75, 3.05) is 0 Å². The molecule has 0 saturated carbocycles. The van der Waals surface area contributed by atoms with E-state index in [0.29, 0.717) is 0 Å². The number of halogens is 3. The monoisotopic (exact) mass is 201 g/mol. The van der Waals surface area contributed by atoms with Gasteiger partial charge in [0, 0.05) is 12.5 Å². The molecule has 0 bridgehead atoms. The minimum absolute atomic E-state index is 0.833. The van der Waals surface area contributed by atoms with E-state index in [9.17, 15) is 13.2 Å². The fraction of sp³-hybridized carbons (Fsp3) is 0.857. The Balaban J connectivity index is 0. The molecular weight excluding hydrogens is 187 g/mol. The fourth-order valence-corrected chi connectivity index (χ4v) is 0.325. The Morgan fingerprint density at radius 2 is 1.62 bits per heavy atom. The molecule has 0 aliphatic rings. The summed E-state index contributed by atoms with van der Waals surface area (Å²) in [6, 6.07) is 0. The third-order valence-electron chi connectivity index (χ3n) is 0.932. The molecule has 1 unspecified atom stereocenters. The van der Waals surface area contributed by atoms with Crippen molar-refractivity contribution in [2.45, 2.75) is 38.9 Å². The van der Waals surface area contributed by atoms with E-state index in [1.165, 1.54) is 13.8 Å². The number of hydrogen-bond acceptors (Lipinski definition) is 2. The molecule has 0 aromatic carbocycles. The lowest BCUT2D eigenvalue weighted by molar-refractivity contribution is -0.134. The summed E-state index contributed by atoms with van der Waals surface area (Å²) in [6.45, 7) is 3.54. The van der Waals surface area contributed by atoms with E-state index in [4.69, 9.17) is 15.6 Å². The summed E-state index contributed by atoms with van der Waals surface area (Å²) in [5, 5.41) is 7.42. The van der Waals surface area contributed by atoms with Crippen molar-refractivity contribution in [2.24, 2.45) is 5.73 Å². The van der Waals surface area contributed by atoms with Crippen LogP contribution in [0, 0.1) is 0 Å². The van der Waals surface area contributed by atoms with Crippen LogP contribution in [0.1, 0.15) is 20.8 Å². The molecule has 13 heavy (non-hydrogen) atoms. The minimum atomic E-state index is -2.98. The van der Waals surface area contributed by atoms with Gasteiger partial charge in [0.1, 0.15) is 0 Å². The van der Waals surface area contributed by atoms with Crippen molar-refractivity contribution in [1.29, 1.82) is 0 Å². The average Bonchev–Trinajstić information content (AvgIpc) is 1.82. The van der Waals surface area contributed by atoms with Crippen molar-refractivity contribution in [3.05, 3.63) is 0 Å². The van der Waals surface area contributed by atoms with Gasteiger partial charge in [0.2, 0.25) is 0 Å². The molecule has 0 rings (SSSR count). The Bertz CT molecular complexity index is 152. The van der Waals surface area contributed by atoms with Gasteiger partial charge >= 0.3 is 0 Å². The molecule has 3 N–H and O–H groups in total. The second kappa shape index (κ2) is 5.80. The number of aliphatic carboxylic acids is 1. The first-order valence-electron chi connectivity index (χ1n) is 3.49. The molecule has 0 spiro atoms. The van der Waals surface area contributed by atoms with Gasteiger partial charge in [-0.2, -0.15) is 0 Å². The highest BCUT2D eigenvalue weighted by atomic mass is 19.3. The molecule has 0 aromatic rings. The lowest BCUT2D eigenvalue weighted by Crippen LogP contribution is -2.46. The molecule has 0 radical (unpaired) electrons. The normalized spacial score (nSPS) is 13.2. The van der Waals surface area contributed by atoms with Gasteiger partial charge < -0.3 is 10.8 Å². The van der Waals surface area contributed by atoms with Crippen LogP contribution in [-0.4, -0.2) is 29.2 Å². The van der Waals surface area contributed by atoms with E-state index in [2.05, 4.69) is 0 Å². The van der Waals surface area contributed by atoms with Crippen LogP contribution in [0.25, 0.3) is 0 Å². The lowest BCUT2D eigenvalue weighted by Gasteiger charge is -2.22. The van der Waals surface area contributed by atoms with Gasteiger partial charge in [-0.3, -0.25) is 4.79 Å². The minimum Gasteiger partial charge on any atom is -0.481 e. The van der Waals surface area contributed by atoms with E-state index in [0.717, 1.165) is 6.92 Å². The predicted molar refractivity (Wildman–Crippen MR) is 42.5 cm³/mol. The Labute approximate surface area is 74.7 Å². The van der Waals surface area contributed by atoms with Crippen LogP contribution in [0.5, 0.6) is 0 Å². The summed E-state index contributed by atoms with van der Waals surface area (Å²) in [5.41, 5.74) is 3.59. The van der Waals surface area contributed by atoms with Crippen LogP contribution in [-0.2, 0) is 4.79 Å². The number of nitrogens with two attached hydrogens (primary N) is 1. The van der Waals surface area contributed by atoms with Crippen molar-refractivity contribution < 1.29 is 23.1 Å². The van der Waals surface area contributed by atoms with E-state index < -0.39 is 24.1 Å². The maximum absolute atomic E-state index is 12.2. The number of carboxylic acid groups (broad SMARTS) is 1. The Kier molecular flexibility index (Phi) is 6.57. The van der Waals surface area contributed by atoms with Gasteiger partial charge in [-0.25, -0.2) is 13.2 Å². The first-order valence-corrected chi connectivity index (χ1v) is 3.49. The molecule has 0 amide bonds. The number of hydrogen-bond donors (Lipinski definition) is 2. The van der Waals surface area contributed by atoms with Crippen molar-refractivity contribution >= 4 is 5.97 Å². The molecule has 80 valence electrons. The van der Waals surface area contributed by atoms with Crippen LogP contribution in [0.2, 0.25) is 0 Å². The summed E-state index contributed by atoms with van der Waals surface area (Å²) in [4.78, 5) is 9.00. The van der Waals surface area contributed by atoms with Crippen molar-refractivity contribution in [3.63, 3.8) is 0 Å². The van der Waals surface area contributed by atoms with Crippen LogP contribution >= 0.6 is 0 Å². The highest BCUT2D eigenvalue weighted by Gasteiger charge is 2.32. The number of carbonyl (C=O) groups is 1. The zero-order chi connectivity index (χ0) is 11.2. The summed E-state index contributed by atoms with van der Waals surface area (Å²) >= 11 is 0. The molecule has 0 aromatic heterocycles. The maximum Gasteiger partial charge on any atom is 0.300 e. The second-order valence-corrected chi connectivity index (χ2v) is 3.08. The second-order valence-electron chi connectivity index (χ2n) is 3.08. The SMILES string of the molecule is CC(=O)O.CC(C)(N)C(F)C(F)F. The summed E-state index contributed by atoms with van der Waals surface area (Å²) in [5.74, 6) is -0.833. The molecule has 6 heteroatoms. The number of carboxylic acids is 1. The quantitative estimate of drug-likeness (QED) is 0.710.